The second kappa shape index (κ2) is 20.0. The van der Waals surface area contributed by atoms with Crippen LogP contribution in [-0.4, -0.2) is 0 Å². The molecule has 7 aromatic carbocycles. The molecule has 0 aliphatic heterocycles. The van der Waals surface area contributed by atoms with E-state index in [1.165, 1.54) is 84.4 Å². The lowest BCUT2D eigenvalue weighted by atomic mass is 9.70. The lowest BCUT2D eigenvalue weighted by Gasteiger charge is -2.36. The fraction of sp³-hybridized carbons (Fsp3) is 0.151. The zero-order valence-corrected chi connectivity index (χ0v) is 43.6. The maximum atomic E-state index is 2.57. The third-order valence-corrected chi connectivity index (χ3v) is 16.5. The Morgan fingerprint density at radius 2 is 0.494 bits per heavy atom. The summed E-state index contributed by atoms with van der Waals surface area (Å²) in [6, 6.07) is 62.2. The third-order valence-electron chi connectivity index (χ3n) is 16.5. The number of nitrogens with zero attached hydrogens (tertiary/aromatic N) is 4. The fourth-order valence-electron chi connectivity index (χ4n) is 13.1. The van der Waals surface area contributed by atoms with E-state index in [4.69, 9.17) is 0 Å². The molecule has 0 fully saturated rings. The molecular formula is C73H62N4. The highest BCUT2D eigenvalue weighted by Crippen LogP contribution is 2.65. The summed E-state index contributed by atoms with van der Waals surface area (Å²) in [4.78, 5) is 9.95. The number of hydrogen-bond acceptors (Lipinski definition) is 4. The van der Waals surface area contributed by atoms with Crippen LogP contribution in [-0.2, 0) is 5.41 Å². The van der Waals surface area contributed by atoms with Gasteiger partial charge in [0.25, 0.3) is 0 Å². The molecule has 0 aromatic heterocycles. The molecule has 4 heteroatoms. The van der Waals surface area contributed by atoms with Crippen molar-refractivity contribution in [1.29, 1.82) is 0 Å². The number of allylic oxidation sites excluding steroid dienone is 15. The van der Waals surface area contributed by atoms with E-state index in [0.29, 0.717) is 0 Å². The highest BCUT2D eigenvalue weighted by atomic mass is 15.2. The minimum Gasteiger partial charge on any atom is -0.311 e. The topological polar surface area (TPSA) is 13.0 Å². The first-order chi connectivity index (χ1) is 38.2. The van der Waals surface area contributed by atoms with Gasteiger partial charge in [0.05, 0.1) is 5.41 Å². The van der Waals surface area contributed by atoms with E-state index in [9.17, 15) is 0 Å². The van der Waals surface area contributed by atoms with Crippen molar-refractivity contribution in [3.8, 4) is 22.3 Å². The quantitative estimate of drug-likeness (QED) is 0.121. The maximum Gasteiger partial charge on any atom is 0.0728 e. The van der Waals surface area contributed by atoms with E-state index in [1.54, 1.807) is 0 Å². The standard InChI is InChI=1S/C73H62N4/c1-9-25-53(26-10-1)74(54-27-11-2-12-28-54)61-41-45-65-66-46-42-62(75(55-29-13-3-14-30-55)56-31-15-4-16-32-56)50-70(66)73(69(65)49-61)71-51-63(76(57-33-17-5-18-34-57)58-35-19-6-20-36-58)43-47-67(71)68-48-44-64(52-72(68)73)77(59-37-21-7-22-38-59)60-39-23-8-24-40-60/h1-2,5,9-13,15,17-19,21,23,25-52H,3-4,6-8,14,16,20,22,24H2. The second-order valence-corrected chi connectivity index (χ2v) is 21.1. The lowest BCUT2D eigenvalue weighted by molar-refractivity contribution is 0.792. The lowest BCUT2D eigenvalue weighted by Crippen LogP contribution is -2.28. The summed E-state index contributed by atoms with van der Waals surface area (Å²) in [6.07, 6.45) is 45.8. The molecule has 0 saturated heterocycles. The molecule has 0 heterocycles. The average Bonchev–Trinajstić information content (AvgIpc) is 4.12. The van der Waals surface area contributed by atoms with Crippen molar-refractivity contribution in [2.24, 2.45) is 0 Å². The van der Waals surface area contributed by atoms with Gasteiger partial charge in [-0.05, 0) is 224 Å². The molecule has 0 radical (unpaired) electrons. The van der Waals surface area contributed by atoms with Crippen LogP contribution in [0, 0.1) is 0 Å². The molecule has 4 nitrogen and oxygen atoms in total. The monoisotopic (exact) mass is 994 g/mol. The predicted molar refractivity (Wildman–Crippen MR) is 323 cm³/mol. The van der Waals surface area contributed by atoms with Crippen molar-refractivity contribution in [3.05, 3.63) is 306 Å². The Kier molecular flexibility index (Phi) is 12.1. The number of benzene rings is 7. The summed E-state index contributed by atoms with van der Waals surface area (Å²) >= 11 is 0. The van der Waals surface area contributed by atoms with Crippen LogP contribution in [0.1, 0.15) is 86.5 Å². The average molecular weight is 995 g/mol. The number of para-hydroxylation sites is 3. The van der Waals surface area contributed by atoms with E-state index in [-0.39, 0.29) is 0 Å². The Balaban J connectivity index is 1.08. The molecule has 0 bridgehead atoms. The molecular weight excluding hydrogens is 933 g/mol. The van der Waals surface area contributed by atoms with Gasteiger partial charge in [0.2, 0.25) is 0 Å². The van der Waals surface area contributed by atoms with Crippen LogP contribution in [0.15, 0.2) is 283 Å². The predicted octanol–water partition coefficient (Wildman–Crippen LogP) is 19.4. The number of hydrogen-bond donors (Lipinski definition) is 0. The fourth-order valence-corrected chi connectivity index (χ4v) is 13.1. The summed E-state index contributed by atoms with van der Waals surface area (Å²) in [5.74, 6) is 0. The van der Waals surface area contributed by atoms with Crippen LogP contribution in [0.4, 0.5) is 39.8 Å². The van der Waals surface area contributed by atoms with Crippen LogP contribution in [0.5, 0.6) is 0 Å². The van der Waals surface area contributed by atoms with Crippen molar-refractivity contribution >= 4 is 39.8 Å². The first-order valence-corrected chi connectivity index (χ1v) is 28.0. The zero-order chi connectivity index (χ0) is 51.1. The van der Waals surface area contributed by atoms with Gasteiger partial charge in [-0.2, -0.15) is 0 Å². The van der Waals surface area contributed by atoms with E-state index in [1.807, 2.05) is 0 Å². The maximum absolute atomic E-state index is 2.57. The van der Waals surface area contributed by atoms with Gasteiger partial charge in [-0.25, -0.2) is 0 Å². The van der Waals surface area contributed by atoms with Gasteiger partial charge in [-0.1, -0.05) is 140 Å². The molecule has 7 aliphatic carbocycles. The van der Waals surface area contributed by atoms with Gasteiger partial charge >= 0.3 is 0 Å². The van der Waals surface area contributed by atoms with E-state index in [0.717, 1.165) is 92.6 Å². The SMILES string of the molecule is C1=CC(N(C2=CCCC=C2)c2ccc3c(c2)C2(c4cc(N(C5=CCCC=C5)C5=CCCC=C5)ccc4-c4ccc(N(c5ccccc5)c5ccccc5)cc42)c2cc(N(C4=CCCC=C4)c4ccccc4)ccc2-3)=CCC1. The first kappa shape index (κ1) is 46.7. The van der Waals surface area contributed by atoms with Crippen LogP contribution >= 0.6 is 0 Å². The molecule has 7 aliphatic rings. The molecule has 1 unspecified atom stereocenters. The van der Waals surface area contributed by atoms with Crippen LogP contribution < -0.4 is 19.6 Å². The van der Waals surface area contributed by atoms with Crippen LogP contribution in [0.25, 0.3) is 22.3 Å². The van der Waals surface area contributed by atoms with Crippen molar-refractivity contribution in [3.63, 3.8) is 0 Å². The number of fused-ring (bicyclic) bond motifs is 10. The van der Waals surface area contributed by atoms with Crippen molar-refractivity contribution in [2.45, 2.75) is 69.6 Å². The van der Waals surface area contributed by atoms with E-state index in [2.05, 4.69) is 275 Å². The largest absolute Gasteiger partial charge is 0.311 e. The molecule has 14 rings (SSSR count). The summed E-state index contributed by atoms with van der Waals surface area (Å²) < 4.78 is 0. The zero-order valence-electron chi connectivity index (χ0n) is 43.6. The molecule has 1 spiro atoms. The highest BCUT2D eigenvalue weighted by molar-refractivity contribution is 5.99. The molecule has 0 amide bonds. The van der Waals surface area contributed by atoms with Gasteiger partial charge in [0, 0.05) is 68.3 Å². The Morgan fingerprint density at radius 3 is 0.779 bits per heavy atom. The van der Waals surface area contributed by atoms with Gasteiger partial charge in [-0.3, -0.25) is 0 Å². The summed E-state index contributed by atoms with van der Waals surface area (Å²) in [5, 5.41) is 0. The number of anilines is 7. The Morgan fingerprint density at radius 1 is 0.234 bits per heavy atom. The van der Waals surface area contributed by atoms with Gasteiger partial charge in [0.1, 0.15) is 0 Å². The molecule has 0 N–H and O–H groups in total. The highest BCUT2D eigenvalue weighted by Gasteiger charge is 2.53. The van der Waals surface area contributed by atoms with Crippen molar-refractivity contribution in [2.75, 3.05) is 19.6 Å². The Labute approximate surface area is 454 Å². The molecule has 7 aromatic rings. The molecule has 1 atom stereocenters. The van der Waals surface area contributed by atoms with Crippen molar-refractivity contribution < 1.29 is 0 Å². The smallest absolute Gasteiger partial charge is 0.0728 e. The van der Waals surface area contributed by atoms with Crippen LogP contribution in [0.3, 0.4) is 0 Å². The summed E-state index contributed by atoms with van der Waals surface area (Å²) in [7, 11) is 0. The Bertz CT molecular complexity index is 3580. The minimum absolute atomic E-state index is 0.746. The molecule has 0 saturated carbocycles. The minimum atomic E-state index is -0.746. The molecule has 77 heavy (non-hydrogen) atoms. The summed E-state index contributed by atoms with van der Waals surface area (Å²) in [6.45, 7) is 0. The third kappa shape index (κ3) is 8.13. The van der Waals surface area contributed by atoms with Crippen molar-refractivity contribution in [1.82, 2.24) is 0 Å². The summed E-state index contributed by atoms with van der Waals surface area (Å²) in [5.41, 5.74) is 23.6. The van der Waals surface area contributed by atoms with E-state index < -0.39 is 5.41 Å². The molecule has 374 valence electrons. The normalized spacial score (nSPS) is 18.3. The Hall–Kier alpha value is -8.86. The first-order valence-electron chi connectivity index (χ1n) is 28.0. The number of rotatable bonds is 12. The van der Waals surface area contributed by atoms with Crippen LogP contribution in [0.2, 0.25) is 0 Å². The van der Waals surface area contributed by atoms with Gasteiger partial charge in [0.15, 0.2) is 0 Å². The van der Waals surface area contributed by atoms with Gasteiger partial charge in [-0.15, -0.1) is 0 Å². The van der Waals surface area contributed by atoms with E-state index >= 15 is 0 Å². The van der Waals surface area contributed by atoms with Gasteiger partial charge < -0.3 is 19.6 Å². The second-order valence-electron chi connectivity index (χ2n) is 21.1.